The van der Waals surface area contributed by atoms with Crippen LogP contribution in [0.1, 0.15) is 45.4 Å². The van der Waals surface area contributed by atoms with E-state index in [2.05, 4.69) is 5.16 Å². The van der Waals surface area contributed by atoms with Gasteiger partial charge in [0.05, 0.1) is 40.7 Å². The zero-order valence-corrected chi connectivity index (χ0v) is 17.1. The van der Waals surface area contributed by atoms with Gasteiger partial charge in [-0.05, 0) is 43.0 Å². The molecule has 28 heavy (non-hydrogen) atoms. The van der Waals surface area contributed by atoms with Gasteiger partial charge < -0.3 is 14.2 Å². The maximum absolute atomic E-state index is 12.8. The van der Waals surface area contributed by atoms with Gasteiger partial charge in [-0.3, -0.25) is 4.79 Å². The molecule has 3 aromatic rings. The van der Waals surface area contributed by atoms with Crippen molar-refractivity contribution in [3.8, 4) is 11.3 Å². The topological polar surface area (TPSA) is 68.5 Å². The van der Waals surface area contributed by atoms with Crippen molar-refractivity contribution in [2.45, 2.75) is 33.3 Å². The summed E-state index contributed by atoms with van der Waals surface area (Å²) in [4.78, 5) is 20.3. The normalized spacial score (nSPS) is 17.1. The highest BCUT2D eigenvalue weighted by atomic mass is 32.1. The van der Waals surface area contributed by atoms with Crippen molar-refractivity contribution in [3.63, 3.8) is 0 Å². The smallest absolute Gasteiger partial charge is 0.264 e. The molecule has 0 aliphatic carbocycles. The number of carbonyl (C=O) groups is 1. The molecule has 0 aromatic carbocycles. The Morgan fingerprint density at radius 3 is 2.96 bits per heavy atom. The molecule has 0 N–H and O–H groups in total. The molecule has 146 valence electrons. The number of morpholine rings is 1. The summed E-state index contributed by atoms with van der Waals surface area (Å²) in [5, 5.41) is 6.08. The summed E-state index contributed by atoms with van der Waals surface area (Å²) in [6.45, 7) is 7.55. The molecule has 4 rings (SSSR count). The first-order valence-corrected chi connectivity index (χ1v) is 10.3. The Morgan fingerprint density at radius 2 is 2.21 bits per heavy atom. The third kappa shape index (κ3) is 3.59. The van der Waals surface area contributed by atoms with E-state index in [0.29, 0.717) is 19.7 Å². The number of aryl methyl sites for hydroxylation is 3. The number of pyridine rings is 1. The van der Waals surface area contributed by atoms with Crippen LogP contribution < -0.4 is 0 Å². The summed E-state index contributed by atoms with van der Waals surface area (Å²) in [6, 6.07) is 7.82. The van der Waals surface area contributed by atoms with Gasteiger partial charge in [0, 0.05) is 13.0 Å². The van der Waals surface area contributed by atoms with E-state index < -0.39 is 0 Å². The van der Waals surface area contributed by atoms with Crippen molar-refractivity contribution in [2.75, 3.05) is 19.7 Å². The van der Waals surface area contributed by atoms with Crippen LogP contribution in [-0.2, 0) is 11.2 Å². The molecule has 0 radical (unpaired) electrons. The van der Waals surface area contributed by atoms with Crippen molar-refractivity contribution >= 4 is 17.2 Å². The van der Waals surface area contributed by atoms with E-state index in [1.54, 1.807) is 0 Å². The lowest BCUT2D eigenvalue weighted by Crippen LogP contribution is -2.42. The summed E-state index contributed by atoms with van der Waals surface area (Å²) in [7, 11) is 0. The van der Waals surface area contributed by atoms with Crippen LogP contribution in [0.2, 0.25) is 0 Å². The third-order valence-corrected chi connectivity index (χ3v) is 5.94. The molecule has 1 atom stereocenters. The highest BCUT2D eigenvalue weighted by molar-refractivity contribution is 7.12. The molecule has 0 bridgehead atoms. The van der Waals surface area contributed by atoms with E-state index in [1.807, 2.05) is 55.3 Å². The Balaban J connectivity index is 1.57. The number of amides is 1. The van der Waals surface area contributed by atoms with Gasteiger partial charge in [0.1, 0.15) is 11.9 Å². The van der Waals surface area contributed by atoms with Crippen LogP contribution in [0.15, 0.2) is 34.2 Å². The molecule has 0 saturated carbocycles. The maximum atomic E-state index is 12.8. The molecular weight excluding hydrogens is 374 g/mol. The van der Waals surface area contributed by atoms with Crippen molar-refractivity contribution in [2.24, 2.45) is 0 Å². The zero-order chi connectivity index (χ0) is 19.7. The van der Waals surface area contributed by atoms with E-state index in [1.165, 1.54) is 11.3 Å². The fourth-order valence-corrected chi connectivity index (χ4v) is 4.33. The van der Waals surface area contributed by atoms with Gasteiger partial charge in [0.15, 0.2) is 0 Å². The van der Waals surface area contributed by atoms with E-state index in [-0.39, 0.29) is 12.0 Å². The molecule has 1 amide bonds. The lowest BCUT2D eigenvalue weighted by atomic mass is 10.1. The van der Waals surface area contributed by atoms with Crippen LogP contribution in [0, 0.1) is 13.8 Å². The highest BCUT2D eigenvalue weighted by Crippen LogP contribution is 2.29. The van der Waals surface area contributed by atoms with Crippen LogP contribution in [0.3, 0.4) is 0 Å². The number of thiophene rings is 1. The first-order valence-electron chi connectivity index (χ1n) is 9.45. The molecule has 6 nitrogen and oxygen atoms in total. The lowest BCUT2D eigenvalue weighted by Gasteiger charge is -2.32. The maximum Gasteiger partial charge on any atom is 0.264 e. The summed E-state index contributed by atoms with van der Waals surface area (Å²) >= 11 is 1.49. The SMILES string of the molecule is CCc1onc(C)c1-c1cccc(C2CN(C(=O)c3cc(C)cs3)CCO2)n1. The molecule has 7 heteroatoms. The molecule has 1 saturated heterocycles. The van der Waals surface area contributed by atoms with Gasteiger partial charge >= 0.3 is 0 Å². The Kier molecular flexibility index (Phi) is 5.28. The highest BCUT2D eigenvalue weighted by Gasteiger charge is 2.28. The van der Waals surface area contributed by atoms with E-state index in [4.69, 9.17) is 14.2 Å². The van der Waals surface area contributed by atoms with E-state index in [0.717, 1.165) is 45.3 Å². The average molecular weight is 398 g/mol. The van der Waals surface area contributed by atoms with Crippen molar-refractivity contribution < 1.29 is 14.1 Å². The monoisotopic (exact) mass is 397 g/mol. The number of hydrogen-bond acceptors (Lipinski definition) is 6. The van der Waals surface area contributed by atoms with Gasteiger partial charge in [-0.25, -0.2) is 4.98 Å². The first-order chi connectivity index (χ1) is 13.6. The summed E-state index contributed by atoms with van der Waals surface area (Å²) in [5.41, 5.74) is 4.54. The fourth-order valence-electron chi connectivity index (χ4n) is 3.47. The lowest BCUT2D eigenvalue weighted by molar-refractivity contribution is -0.0245. The van der Waals surface area contributed by atoms with Gasteiger partial charge in [0.2, 0.25) is 0 Å². The molecule has 1 unspecified atom stereocenters. The third-order valence-electron chi connectivity index (χ3n) is 4.91. The number of carbonyl (C=O) groups excluding carboxylic acids is 1. The largest absolute Gasteiger partial charge is 0.368 e. The molecule has 4 heterocycles. The van der Waals surface area contributed by atoms with Crippen LogP contribution in [0.5, 0.6) is 0 Å². The van der Waals surface area contributed by atoms with Crippen molar-refractivity contribution in [1.29, 1.82) is 0 Å². The van der Waals surface area contributed by atoms with E-state index in [9.17, 15) is 4.79 Å². The molecular formula is C21H23N3O3S. The van der Waals surface area contributed by atoms with Crippen molar-refractivity contribution in [1.82, 2.24) is 15.0 Å². The minimum Gasteiger partial charge on any atom is -0.368 e. The molecule has 1 aliphatic rings. The molecule has 3 aromatic heterocycles. The van der Waals surface area contributed by atoms with Crippen molar-refractivity contribution in [3.05, 3.63) is 57.2 Å². The number of rotatable bonds is 4. The standard InChI is InChI=1S/C21H23N3O3S/c1-4-17-20(14(3)23-27-17)16-7-5-6-15(22-16)18-11-24(8-9-26-18)21(25)19-10-13(2)12-28-19/h5-7,10,12,18H,4,8-9,11H2,1-3H3. The predicted molar refractivity (Wildman–Crippen MR) is 108 cm³/mol. The second-order valence-corrected chi connectivity index (χ2v) is 7.88. The average Bonchev–Trinajstić information content (AvgIpc) is 3.33. The molecule has 1 aliphatic heterocycles. The van der Waals surface area contributed by atoms with Gasteiger partial charge in [-0.15, -0.1) is 11.3 Å². The van der Waals surface area contributed by atoms with Crippen LogP contribution in [-0.4, -0.2) is 40.6 Å². The minimum absolute atomic E-state index is 0.0608. The summed E-state index contributed by atoms with van der Waals surface area (Å²) < 4.78 is 11.4. The molecule has 0 spiro atoms. The Bertz CT molecular complexity index is 994. The van der Waals surface area contributed by atoms with Crippen LogP contribution >= 0.6 is 11.3 Å². The van der Waals surface area contributed by atoms with Crippen LogP contribution in [0.4, 0.5) is 0 Å². The Labute approximate surface area is 168 Å². The summed E-state index contributed by atoms with van der Waals surface area (Å²) in [6.07, 6.45) is 0.508. The van der Waals surface area contributed by atoms with E-state index >= 15 is 0 Å². The second kappa shape index (κ2) is 7.85. The first kappa shape index (κ1) is 18.8. The number of aromatic nitrogens is 2. The van der Waals surface area contributed by atoms with Crippen LogP contribution in [0.25, 0.3) is 11.3 Å². The number of hydrogen-bond donors (Lipinski definition) is 0. The van der Waals surface area contributed by atoms with Gasteiger partial charge in [0.25, 0.3) is 5.91 Å². The van der Waals surface area contributed by atoms with Gasteiger partial charge in [-0.1, -0.05) is 18.1 Å². The number of ether oxygens (including phenoxy) is 1. The molecule has 1 fully saturated rings. The fraction of sp³-hybridized carbons (Fsp3) is 0.381. The predicted octanol–water partition coefficient (Wildman–Crippen LogP) is 4.19. The zero-order valence-electron chi connectivity index (χ0n) is 16.3. The minimum atomic E-state index is -0.246. The summed E-state index contributed by atoms with van der Waals surface area (Å²) in [5.74, 6) is 0.891. The van der Waals surface area contributed by atoms with Gasteiger partial charge in [-0.2, -0.15) is 0 Å². The Morgan fingerprint density at radius 1 is 1.36 bits per heavy atom. The quantitative estimate of drug-likeness (QED) is 0.660. The number of nitrogens with zero attached hydrogens (tertiary/aromatic N) is 3. The Hall–Kier alpha value is -2.51. The second-order valence-electron chi connectivity index (χ2n) is 6.97.